The molecule has 0 saturated heterocycles. The first-order valence-electron chi connectivity index (χ1n) is 12.9. The van der Waals surface area contributed by atoms with Crippen molar-refractivity contribution in [3.05, 3.63) is 152 Å². The molecule has 0 aliphatic carbocycles. The summed E-state index contributed by atoms with van der Waals surface area (Å²) in [6.45, 7) is -4.85. The van der Waals surface area contributed by atoms with Crippen molar-refractivity contribution in [2.75, 3.05) is 0 Å². The molecule has 0 N–H and O–H groups in total. The van der Waals surface area contributed by atoms with Gasteiger partial charge >= 0.3 is 248 Å². The Morgan fingerprint density at radius 1 is 0.512 bits per heavy atom. The molecule has 0 spiro atoms. The molecule has 0 aliphatic heterocycles. The third-order valence-electron chi connectivity index (χ3n) is 7.04. The quantitative estimate of drug-likeness (QED) is 0.188. The fourth-order valence-electron chi connectivity index (χ4n) is 5.36. The van der Waals surface area contributed by atoms with Crippen LogP contribution in [0.25, 0.3) is 20.1 Å². The molecule has 6 aromatic rings. The molecule has 0 atom stereocenters. The SMILES string of the molecule is [O-][Cl+3]([O-])([O-])OP(c1ccccc1)(c1ccccc1)(c1ccccc1)c1nc(-c2ccccc2)[se]c1-c1ccccc1. The minimum absolute atomic E-state index is 0.341. The van der Waals surface area contributed by atoms with Gasteiger partial charge in [0.15, 0.2) is 0 Å². The van der Waals surface area contributed by atoms with Crippen LogP contribution in [0.15, 0.2) is 152 Å². The average Bonchev–Trinajstić information content (AvgIpc) is 3.48. The zero-order valence-electron chi connectivity index (χ0n) is 21.7. The van der Waals surface area contributed by atoms with E-state index in [4.69, 9.17) is 9.06 Å². The van der Waals surface area contributed by atoms with Crippen LogP contribution in [-0.2, 0) is 4.08 Å². The summed E-state index contributed by atoms with van der Waals surface area (Å²) in [5.74, 6) is 0. The van der Waals surface area contributed by atoms with E-state index >= 15 is 0 Å². The monoisotopic (exact) mass is 645 g/mol. The molecule has 5 aromatic carbocycles. The van der Waals surface area contributed by atoms with Crippen molar-refractivity contribution in [3.63, 3.8) is 0 Å². The molecule has 41 heavy (non-hydrogen) atoms. The number of aromatic nitrogens is 1. The Morgan fingerprint density at radius 3 is 1.27 bits per heavy atom. The Balaban J connectivity index is 1.90. The van der Waals surface area contributed by atoms with Crippen LogP contribution in [-0.4, -0.2) is 19.5 Å². The molecule has 1 heterocycles. The summed E-state index contributed by atoms with van der Waals surface area (Å²) in [5, 5.41) is 1.71. The fraction of sp³-hybridized carbons (Fsp3) is 0. The van der Waals surface area contributed by atoms with Gasteiger partial charge in [-0.05, 0) is 0 Å². The second-order valence-electron chi connectivity index (χ2n) is 9.39. The van der Waals surface area contributed by atoms with E-state index in [2.05, 4.69) is 0 Å². The molecule has 1 aromatic heterocycles. The summed E-state index contributed by atoms with van der Waals surface area (Å²) in [7, 11) is -4.95. The van der Waals surface area contributed by atoms with E-state index in [-0.39, 0.29) is 14.5 Å². The van der Waals surface area contributed by atoms with E-state index in [1.165, 1.54) is 0 Å². The van der Waals surface area contributed by atoms with Gasteiger partial charge in [-0.2, -0.15) is 0 Å². The zero-order valence-corrected chi connectivity index (χ0v) is 25.1. The standard InChI is InChI=1S/C33H25ClNO4PSe/c36-34(37,38)39-40(28-20-10-3-11-21-28,29-22-12-4-13-23-29,30-24-14-5-15-25-30)32-31(26-16-6-1-7-17-26)41-33(35-32)27-18-8-2-9-19-27/h1-25H. The van der Waals surface area contributed by atoms with Crippen LogP contribution < -0.4 is 35.3 Å². The predicted molar refractivity (Wildman–Crippen MR) is 158 cm³/mol. The third kappa shape index (κ3) is 4.79. The summed E-state index contributed by atoms with van der Waals surface area (Å²) < 4.78 is 47.2. The van der Waals surface area contributed by atoms with Crippen LogP contribution in [0.2, 0.25) is 0 Å². The van der Waals surface area contributed by atoms with Gasteiger partial charge in [0.2, 0.25) is 0 Å². The van der Waals surface area contributed by atoms with Gasteiger partial charge in [0.05, 0.1) is 0 Å². The maximum atomic E-state index is 13.1. The molecule has 5 nitrogen and oxygen atoms in total. The normalized spacial score (nSPS) is 12.9. The summed E-state index contributed by atoms with van der Waals surface area (Å²) in [4.78, 5) is 5.32. The Morgan fingerprint density at radius 2 is 0.878 bits per heavy atom. The molecule has 0 amide bonds. The van der Waals surface area contributed by atoms with Crippen molar-refractivity contribution in [3.8, 4) is 20.1 Å². The first kappa shape index (κ1) is 27.7. The Labute approximate surface area is 246 Å². The van der Waals surface area contributed by atoms with Gasteiger partial charge in [0.1, 0.15) is 0 Å². The van der Waals surface area contributed by atoms with Gasteiger partial charge in [-0.25, -0.2) is 0 Å². The first-order chi connectivity index (χ1) is 19.9. The van der Waals surface area contributed by atoms with Crippen LogP contribution in [0.1, 0.15) is 0 Å². The molecule has 0 radical (unpaired) electrons. The van der Waals surface area contributed by atoms with E-state index in [1.54, 1.807) is 0 Å². The first-order valence-corrected chi connectivity index (χ1v) is 18.0. The Kier molecular flexibility index (Phi) is 7.52. The van der Waals surface area contributed by atoms with Gasteiger partial charge < -0.3 is 0 Å². The van der Waals surface area contributed by atoms with Crippen LogP contribution in [0.4, 0.5) is 0 Å². The number of hydrogen-bond donors (Lipinski definition) is 0. The van der Waals surface area contributed by atoms with E-state index in [0.717, 1.165) is 20.1 Å². The second-order valence-corrected chi connectivity index (χ2v) is 16.8. The number of hydrogen-bond acceptors (Lipinski definition) is 5. The molecule has 0 saturated carbocycles. The molecule has 0 bridgehead atoms. The van der Waals surface area contributed by atoms with Gasteiger partial charge in [-0.15, -0.1) is 0 Å². The summed E-state index contributed by atoms with van der Waals surface area (Å²) in [6.07, 6.45) is 0. The molecule has 0 aliphatic rings. The van der Waals surface area contributed by atoms with Gasteiger partial charge in [0.25, 0.3) is 0 Å². The third-order valence-corrected chi connectivity index (χ3v) is 16.6. The van der Waals surface area contributed by atoms with E-state index < -0.39 is 17.1 Å². The van der Waals surface area contributed by atoms with E-state index in [1.807, 2.05) is 152 Å². The molecule has 0 fully saturated rings. The van der Waals surface area contributed by atoms with Crippen molar-refractivity contribution in [2.45, 2.75) is 0 Å². The van der Waals surface area contributed by atoms with Crippen LogP contribution in [0.5, 0.6) is 0 Å². The molecule has 6 rings (SSSR count). The zero-order chi connectivity index (χ0) is 28.4. The van der Waals surface area contributed by atoms with Gasteiger partial charge in [-0.3, -0.25) is 0 Å². The maximum absolute atomic E-state index is 13.1. The van der Waals surface area contributed by atoms with E-state index in [0.29, 0.717) is 21.3 Å². The van der Waals surface area contributed by atoms with Crippen molar-refractivity contribution >= 4 is 42.7 Å². The molecule has 0 unspecified atom stereocenters. The number of rotatable bonds is 8. The fourth-order valence-corrected chi connectivity index (χ4v) is 16.1. The molecular weight excluding hydrogens is 620 g/mol. The van der Waals surface area contributed by atoms with Crippen molar-refractivity contribution < 1.29 is 28.3 Å². The molecule has 8 heteroatoms. The summed E-state index contributed by atoms with van der Waals surface area (Å²) in [5.41, 5.74) is 2.30. The van der Waals surface area contributed by atoms with Crippen LogP contribution >= 0.6 is 6.83 Å². The number of benzene rings is 5. The minimum atomic E-state index is -4.95. The van der Waals surface area contributed by atoms with Gasteiger partial charge in [-0.1, -0.05) is 0 Å². The average molecular weight is 645 g/mol. The molecule has 204 valence electrons. The van der Waals surface area contributed by atoms with Crippen LogP contribution in [0, 0.1) is 10.2 Å². The predicted octanol–water partition coefficient (Wildman–Crippen LogP) is 2.46. The Bertz CT molecular complexity index is 1650. The summed E-state index contributed by atoms with van der Waals surface area (Å²) >= 11 is -0.341. The van der Waals surface area contributed by atoms with Crippen molar-refractivity contribution in [2.24, 2.45) is 0 Å². The number of nitrogens with zero attached hydrogens (tertiary/aromatic N) is 1. The number of halogens is 1. The van der Waals surface area contributed by atoms with Crippen molar-refractivity contribution in [1.82, 2.24) is 4.98 Å². The molecular formula is C33H25ClNO4PSe. The topological polar surface area (TPSA) is 91.3 Å². The Hall–Kier alpha value is -3.41. The summed E-state index contributed by atoms with van der Waals surface area (Å²) in [6, 6.07) is 47.4. The van der Waals surface area contributed by atoms with Crippen molar-refractivity contribution in [1.29, 1.82) is 0 Å². The second kappa shape index (κ2) is 11.1. The van der Waals surface area contributed by atoms with Gasteiger partial charge in [0, 0.05) is 0 Å². The van der Waals surface area contributed by atoms with E-state index in [9.17, 15) is 14.0 Å². The van der Waals surface area contributed by atoms with Crippen LogP contribution in [0.3, 0.4) is 0 Å².